The van der Waals surface area contributed by atoms with E-state index in [0.717, 1.165) is 8.61 Å². The van der Waals surface area contributed by atoms with Crippen LogP contribution < -0.4 is 5.32 Å². The van der Waals surface area contributed by atoms with Gasteiger partial charge in [-0.15, -0.1) is 0 Å². The number of nitrogens with one attached hydrogen (secondary N) is 1. The molecule has 1 atom stereocenters. The van der Waals surface area contributed by atoms with Crippen LogP contribution in [0.25, 0.3) is 0 Å². The lowest BCUT2D eigenvalue weighted by Crippen LogP contribution is -2.51. The Labute approximate surface area is 119 Å². The molecule has 0 aliphatic heterocycles. The smallest absolute Gasteiger partial charge is 0.321 e. The van der Waals surface area contributed by atoms with Gasteiger partial charge in [0.1, 0.15) is 6.04 Å². The Morgan fingerprint density at radius 1 is 1.30 bits per heavy atom. The van der Waals surface area contributed by atoms with Gasteiger partial charge >= 0.3 is 5.97 Å². The lowest BCUT2D eigenvalue weighted by atomic mass is 10.3. The van der Waals surface area contributed by atoms with Crippen LogP contribution in [0.5, 0.6) is 0 Å². The van der Waals surface area contributed by atoms with Crippen LogP contribution in [0.15, 0.2) is 0 Å². The van der Waals surface area contributed by atoms with Crippen molar-refractivity contribution in [3.05, 3.63) is 0 Å². The summed E-state index contributed by atoms with van der Waals surface area (Å²) in [6, 6.07) is -1.20. The van der Waals surface area contributed by atoms with Gasteiger partial charge in [0.15, 0.2) is 0 Å². The third kappa shape index (κ3) is 5.43. The highest BCUT2D eigenvalue weighted by Gasteiger charge is 2.33. The van der Waals surface area contributed by atoms with E-state index in [9.17, 15) is 18.0 Å². The van der Waals surface area contributed by atoms with E-state index in [1.54, 1.807) is 0 Å². The zero-order valence-corrected chi connectivity index (χ0v) is 13.1. The molecule has 0 bridgehead atoms. The molecule has 0 spiro atoms. The highest BCUT2D eigenvalue weighted by molar-refractivity contribution is 7.86. The number of carbonyl (C=O) groups excluding carboxylic acids is 1. The molecule has 0 aliphatic carbocycles. The van der Waals surface area contributed by atoms with Crippen LogP contribution in [0, 0.1) is 0 Å². The van der Waals surface area contributed by atoms with Crippen molar-refractivity contribution in [2.45, 2.75) is 33.2 Å². The van der Waals surface area contributed by atoms with E-state index in [2.05, 4.69) is 5.32 Å². The van der Waals surface area contributed by atoms with Crippen molar-refractivity contribution in [2.75, 3.05) is 26.7 Å². The monoisotopic (exact) mass is 309 g/mol. The number of carboxylic acid groups (broad SMARTS) is 1. The topological polar surface area (TPSA) is 107 Å². The standard InChI is InChI=1S/C11H23N3O5S/c1-5-7-13(4)20(18,19)14(9(2)11(16)17)8-6-12-10(3)15/h9H,5-8H2,1-4H3,(H,12,15)(H,16,17). The van der Waals surface area contributed by atoms with Crippen LogP contribution >= 0.6 is 0 Å². The summed E-state index contributed by atoms with van der Waals surface area (Å²) in [6.45, 7) is 4.70. The fourth-order valence-corrected chi connectivity index (χ4v) is 3.17. The Bertz CT molecular complexity index is 437. The van der Waals surface area contributed by atoms with Crippen LogP contribution in [-0.4, -0.2) is 66.7 Å². The first-order chi connectivity index (χ1) is 9.14. The van der Waals surface area contributed by atoms with Gasteiger partial charge in [0.25, 0.3) is 10.2 Å². The molecule has 0 aliphatic rings. The van der Waals surface area contributed by atoms with E-state index in [1.807, 2.05) is 6.92 Å². The summed E-state index contributed by atoms with van der Waals surface area (Å²) in [5.41, 5.74) is 0. The molecule has 0 aromatic carbocycles. The quantitative estimate of drug-likeness (QED) is 0.596. The molecule has 20 heavy (non-hydrogen) atoms. The Kier molecular flexibility index (Phi) is 7.69. The minimum absolute atomic E-state index is 0.0617. The van der Waals surface area contributed by atoms with Gasteiger partial charge in [0.2, 0.25) is 5.91 Å². The average molecular weight is 309 g/mol. The summed E-state index contributed by atoms with van der Waals surface area (Å²) in [4.78, 5) is 21.9. The number of hydrogen-bond donors (Lipinski definition) is 2. The van der Waals surface area contributed by atoms with Gasteiger partial charge in [-0.1, -0.05) is 6.92 Å². The first kappa shape index (κ1) is 18.8. The maximum absolute atomic E-state index is 12.3. The van der Waals surface area contributed by atoms with Crippen molar-refractivity contribution < 1.29 is 23.1 Å². The van der Waals surface area contributed by atoms with Gasteiger partial charge < -0.3 is 10.4 Å². The lowest BCUT2D eigenvalue weighted by Gasteiger charge is -2.30. The van der Waals surface area contributed by atoms with Gasteiger partial charge in [0.05, 0.1) is 0 Å². The van der Waals surface area contributed by atoms with Gasteiger partial charge in [-0.25, -0.2) is 0 Å². The molecule has 0 aromatic heterocycles. The second kappa shape index (κ2) is 8.18. The minimum atomic E-state index is -3.87. The van der Waals surface area contributed by atoms with E-state index in [-0.39, 0.29) is 19.0 Å². The molecule has 0 heterocycles. The number of carbonyl (C=O) groups is 2. The van der Waals surface area contributed by atoms with Gasteiger partial charge in [0, 0.05) is 33.6 Å². The Hall–Kier alpha value is -1.19. The summed E-state index contributed by atoms with van der Waals surface area (Å²) in [7, 11) is -2.47. The molecule has 1 unspecified atom stereocenters. The van der Waals surface area contributed by atoms with E-state index in [0.29, 0.717) is 13.0 Å². The molecule has 0 saturated heterocycles. The second-order valence-electron chi connectivity index (χ2n) is 4.44. The molecule has 1 amide bonds. The lowest BCUT2D eigenvalue weighted by molar-refractivity contribution is -0.140. The molecule has 2 N–H and O–H groups in total. The third-order valence-corrected chi connectivity index (χ3v) is 4.79. The molecule has 118 valence electrons. The first-order valence-electron chi connectivity index (χ1n) is 6.34. The number of nitrogens with zero attached hydrogens (tertiary/aromatic N) is 2. The number of hydrogen-bond acceptors (Lipinski definition) is 4. The molecule has 9 heteroatoms. The molecule has 8 nitrogen and oxygen atoms in total. The van der Waals surface area contributed by atoms with Crippen LogP contribution in [-0.2, 0) is 19.8 Å². The Balaban J connectivity index is 5.10. The van der Waals surface area contributed by atoms with Gasteiger partial charge in [-0.2, -0.15) is 17.0 Å². The first-order valence-corrected chi connectivity index (χ1v) is 7.74. The zero-order valence-electron chi connectivity index (χ0n) is 12.3. The third-order valence-electron chi connectivity index (χ3n) is 2.72. The summed E-state index contributed by atoms with van der Waals surface area (Å²) < 4.78 is 26.6. The SMILES string of the molecule is CCCN(C)S(=O)(=O)N(CCNC(C)=O)C(C)C(=O)O. The number of aliphatic carboxylic acids is 1. The summed E-state index contributed by atoms with van der Waals surface area (Å²) in [5.74, 6) is -1.53. The fraction of sp³-hybridized carbons (Fsp3) is 0.818. The number of carboxylic acids is 1. The van der Waals surface area contributed by atoms with Crippen LogP contribution in [0.2, 0.25) is 0 Å². The maximum atomic E-state index is 12.3. The Morgan fingerprint density at radius 3 is 2.25 bits per heavy atom. The van der Waals surface area contributed by atoms with Crippen molar-refractivity contribution in [3.8, 4) is 0 Å². The molecular formula is C11H23N3O5S. The number of amides is 1. The van der Waals surface area contributed by atoms with Crippen LogP contribution in [0.3, 0.4) is 0 Å². The largest absolute Gasteiger partial charge is 0.480 e. The summed E-state index contributed by atoms with van der Waals surface area (Å²) >= 11 is 0. The van der Waals surface area contributed by atoms with E-state index < -0.39 is 22.2 Å². The van der Waals surface area contributed by atoms with Crippen molar-refractivity contribution >= 4 is 22.1 Å². The molecule has 0 radical (unpaired) electrons. The highest BCUT2D eigenvalue weighted by atomic mass is 32.2. The molecule has 0 saturated carbocycles. The highest BCUT2D eigenvalue weighted by Crippen LogP contribution is 2.11. The van der Waals surface area contributed by atoms with Crippen molar-refractivity contribution in [3.63, 3.8) is 0 Å². The van der Waals surface area contributed by atoms with E-state index in [4.69, 9.17) is 5.11 Å². The van der Waals surface area contributed by atoms with Gasteiger partial charge in [-0.05, 0) is 13.3 Å². The molecule has 0 fully saturated rings. The molecule has 0 rings (SSSR count). The maximum Gasteiger partial charge on any atom is 0.321 e. The van der Waals surface area contributed by atoms with Crippen molar-refractivity contribution in [1.82, 2.24) is 13.9 Å². The van der Waals surface area contributed by atoms with Crippen LogP contribution in [0.4, 0.5) is 0 Å². The summed E-state index contributed by atoms with van der Waals surface area (Å²) in [6.07, 6.45) is 0.622. The Morgan fingerprint density at radius 2 is 1.85 bits per heavy atom. The average Bonchev–Trinajstić information content (AvgIpc) is 2.33. The predicted octanol–water partition coefficient (Wildman–Crippen LogP) is -0.516. The zero-order chi connectivity index (χ0) is 15.9. The minimum Gasteiger partial charge on any atom is -0.480 e. The van der Waals surface area contributed by atoms with Crippen molar-refractivity contribution in [1.29, 1.82) is 0 Å². The summed E-state index contributed by atoms with van der Waals surface area (Å²) in [5, 5.41) is 11.5. The number of rotatable bonds is 9. The van der Waals surface area contributed by atoms with E-state index in [1.165, 1.54) is 20.9 Å². The fourth-order valence-electron chi connectivity index (χ4n) is 1.58. The van der Waals surface area contributed by atoms with Crippen molar-refractivity contribution in [2.24, 2.45) is 0 Å². The van der Waals surface area contributed by atoms with E-state index >= 15 is 0 Å². The second-order valence-corrected chi connectivity index (χ2v) is 6.43. The molecular weight excluding hydrogens is 286 g/mol. The normalized spacial score (nSPS) is 13.5. The predicted molar refractivity (Wildman–Crippen MR) is 74.3 cm³/mol. The van der Waals surface area contributed by atoms with Gasteiger partial charge in [-0.3, -0.25) is 9.59 Å². The van der Waals surface area contributed by atoms with Crippen LogP contribution in [0.1, 0.15) is 27.2 Å². The molecule has 0 aromatic rings.